The second kappa shape index (κ2) is 4.74. The van der Waals surface area contributed by atoms with E-state index >= 15 is 0 Å². The van der Waals surface area contributed by atoms with Gasteiger partial charge >= 0.3 is 24.4 Å². The molecule has 0 radical (unpaired) electrons. The van der Waals surface area contributed by atoms with Gasteiger partial charge in [0.15, 0.2) is 0 Å². The SMILES string of the molecule is CN(C)N.[SbH3]. The molecule has 5 heavy (non-hydrogen) atoms. The van der Waals surface area contributed by atoms with Crippen LogP contribution >= 0.6 is 0 Å². The van der Waals surface area contributed by atoms with Crippen LogP contribution in [-0.2, 0) is 0 Å². The quantitative estimate of drug-likeness (QED) is 0.275. The summed E-state index contributed by atoms with van der Waals surface area (Å²) in [4.78, 5) is 0. The predicted molar refractivity (Wildman–Crippen MR) is 27.8 cm³/mol. The Morgan fingerprint density at radius 3 is 1.40 bits per heavy atom. The summed E-state index contributed by atoms with van der Waals surface area (Å²) in [6, 6.07) is 0. The topological polar surface area (TPSA) is 29.3 Å². The van der Waals surface area contributed by atoms with Crippen molar-refractivity contribution in [1.29, 1.82) is 0 Å². The average molecular weight is 185 g/mol. The van der Waals surface area contributed by atoms with Gasteiger partial charge in [0.05, 0.1) is 0 Å². The first-order valence-corrected chi connectivity index (χ1v) is 1.15. The molecule has 2 N–H and O–H groups in total. The van der Waals surface area contributed by atoms with Crippen molar-refractivity contribution >= 4 is 24.4 Å². The molecular formula is C2H11N2Sb. The van der Waals surface area contributed by atoms with E-state index in [2.05, 4.69) is 0 Å². The minimum absolute atomic E-state index is 0. The number of nitrogens with zero attached hydrogens (tertiary/aromatic N) is 1. The van der Waals surface area contributed by atoms with E-state index in [0.717, 1.165) is 0 Å². The van der Waals surface area contributed by atoms with Crippen LogP contribution in [0.5, 0.6) is 0 Å². The van der Waals surface area contributed by atoms with Gasteiger partial charge in [-0.25, -0.2) is 0 Å². The molecule has 3 heteroatoms. The third-order valence-corrected chi connectivity index (χ3v) is 0. The number of hydrogen-bond acceptors (Lipinski definition) is 2. The van der Waals surface area contributed by atoms with Crippen molar-refractivity contribution in [2.45, 2.75) is 0 Å². The van der Waals surface area contributed by atoms with Gasteiger partial charge in [-0.3, -0.25) is 10.9 Å². The number of hydrazine groups is 1. The molecule has 0 atom stereocenters. The Morgan fingerprint density at radius 1 is 1.40 bits per heavy atom. The van der Waals surface area contributed by atoms with Gasteiger partial charge in [0.25, 0.3) is 0 Å². The Hall–Kier alpha value is 0.738. The first-order chi connectivity index (χ1) is 1.73. The van der Waals surface area contributed by atoms with E-state index in [4.69, 9.17) is 5.84 Å². The van der Waals surface area contributed by atoms with E-state index in [1.165, 1.54) is 5.01 Å². The summed E-state index contributed by atoms with van der Waals surface area (Å²) in [6.07, 6.45) is 0. The molecule has 34 valence electrons. The van der Waals surface area contributed by atoms with Gasteiger partial charge in [-0.1, -0.05) is 0 Å². The summed E-state index contributed by atoms with van der Waals surface area (Å²) >= 11 is 0. The normalized spacial score (nSPS) is 7.20. The maximum absolute atomic E-state index is 4.94. The second-order valence-corrected chi connectivity index (χ2v) is 0.964. The van der Waals surface area contributed by atoms with Crippen LogP contribution in [0.1, 0.15) is 0 Å². The third kappa shape index (κ3) is 65.2. The molecule has 0 aromatic rings. The van der Waals surface area contributed by atoms with E-state index in [1.54, 1.807) is 14.1 Å². The summed E-state index contributed by atoms with van der Waals surface area (Å²) < 4.78 is 0. The Balaban J connectivity index is 0. The fraction of sp³-hybridized carbons (Fsp3) is 1.00. The monoisotopic (exact) mass is 184 g/mol. The second-order valence-electron chi connectivity index (χ2n) is 0.964. The first-order valence-electron chi connectivity index (χ1n) is 1.15. The van der Waals surface area contributed by atoms with Crippen LogP contribution < -0.4 is 5.84 Å². The molecule has 0 spiro atoms. The van der Waals surface area contributed by atoms with E-state index in [-0.39, 0.29) is 24.4 Å². The van der Waals surface area contributed by atoms with E-state index in [0.29, 0.717) is 0 Å². The summed E-state index contributed by atoms with van der Waals surface area (Å²) in [6.45, 7) is 0. The van der Waals surface area contributed by atoms with Gasteiger partial charge in [0.2, 0.25) is 0 Å². The van der Waals surface area contributed by atoms with Gasteiger partial charge in [0.1, 0.15) is 0 Å². The molecule has 0 amide bonds. The number of nitrogens with two attached hydrogens (primary N) is 1. The zero-order chi connectivity index (χ0) is 3.58. The van der Waals surface area contributed by atoms with Crippen LogP contribution in [0, 0.1) is 0 Å². The van der Waals surface area contributed by atoms with Gasteiger partial charge < -0.3 is 0 Å². The van der Waals surface area contributed by atoms with Crippen LogP contribution in [-0.4, -0.2) is 43.5 Å². The van der Waals surface area contributed by atoms with Gasteiger partial charge in [0, 0.05) is 14.1 Å². The van der Waals surface area contributed by atoms with Crippen LogP contribution in [0.4, 0.5) is 0 Å². The summed E-state index contributed by atoms with van der Waals surface area (Å²) in [5.41, 5.74) is 0. The molecule has 0 aliphatic carbocycles. The van der Waals surface area contributed by atoms with Crippen molar-refractivity contribution in [2.24, 2.45) is 5.84 Å². The summed E-state index contributed by atoms with van der Waals surface area (Å²) in [7, 11) is 3.56. The molecule has 0 aliphatic heterocycles. The maximum atomic E-state index is 4.94. The van der Waals surface area contributed by atoms with Crippen molar-refractivity contribution < 1.29 is 0 Å². The molecule has 0 saturated carbocycles. The van der Waals surface area contributed by atoms with E-state index < -0.39 is 0 Å². The molecule has 0 rings (SSSR count). The Kier molecular flexibility index (Phi) is 8.74. The molecule has 0 aliphatic rings. The number of hydrogen-bond donors (Lipinski definition) is 1. The van der Waals surface area contributed by atoms with E-state index in [9.17, 15) is 0 Å². The summed E-state index contributed by atoms with van der Waals surface area (Å²) in [5.74, 6) is 4.94. The van der Waals surface area contributed by atoms with E-state index in [1.807, 2.05) is 0 Å². The van der Waals surface area contributed by atoms with Crippen LogP contribution in [0.2, 0.25) is 0 Å². The van der Waals surface area contributed by atoms with Gasteiger partial charge in [-0.05, 0) is 0 Å². The van der Waals surface area contributed by atoms with Gasteiger partial charge in [-0.2, -0.15) is 0 Å². The van der Waals surface area contributed by atoms with Gasteiger partial charge in [-0.15, -0.1) is 0 Å². The molecule has 2 nitrogen and oxygen atoms in total. The van der Waals surface area contributed by atoms with Crippen LogP contribution in [0.15, 0.2) is 0 Å². The third-order valence-electron chi connectivity index (χ3n) is 0. The summed E-state index contributed by atoms with van der Waals surface area (Å²) in [5, 5.41) is 1.50. The predicted octanol–water partition coefficient (Wildman–Crippen LogP) is -1.76. The van der Waals surface area contributed by atoms with Crippen molar-refractivity contribution in [3.05, 3.63) is 0 Å². The molecule has 0 unspecified atom stereocenters. The number of rotatable bonds is 0. The van der Waals surface area contributed by atoms with Crippen molar-refractivity contribution in [2.75, 3.05) is 14.1 Å². The molecule has 0 aromatic carbocycles. The molecule has 0 saturated heterocycles. The van der Waals surface area contributed by atoms with Crippen molar-refractivity contribution in [3.63, 3.8) is 0 Å². The minimum atomic E-state index is 0. The standard InChI is InChI=1S/C2H8N2.Sb.3H/c1-4(2)3;;;;/h3H2,1-2H3;;;;. The van der Waals surface area contributed by atoms with Crippen molar-refractivity contribution in [1.82, 2.24) is 5.01 Å². The molecular weight excluding hydrogens is 174 g/mol. The first kappa shape index (κ1) is 9.22. The Morgan fingerprint density at radius 2 is 1.40 bits per heavy atom. The molecule has 0 aromatic heterocycles. The van der Waals surface area contributed by atoms with Crippen LogP contribution in [0.25, 0.3) is 0 Å². The fourth-order valence-electron chi connectivity index (χ4n) is 0. The fourth-order valence-corrected chi connectivity index (χ4v) is 0. The average Bonchev–Trinajstić information content (AvgIpc) is 0.811. The van der Waals surface area contributed by atoms with Crippen molar-refractivity contribution in [3.8, 4) is 0 Å². The molecule has 0 bridgehead atoms. The Labute approximate surface area is 49.7 Å². The zero-order valence-corrected chi connectivity index (χ0v) is 7.77. The molecule has 0 fully saturated rings. The van der Waals surface area contributed by atoms with Crippen LogP contribution in [0.3, 0.4) is 0 Å². The zero-order valence-electron chi connectivity index (χ0n) is 3.73. The Bertz CT molecular complexity index is 12.4. The molecule has 0 heterocycles.